The fourth-order valence-corrected chi connectivity index (χ4v) is 2.25. The van der Waals surface area contributed by atoms with Gasteiger partial charge in [0, 0.05) is 32.2 Å². The summed E-state index contributed by atoms with van der Waals surface area (Å²) in [6.45, 7) is 8.78. The highest BCUT2D eigenvalue weighted by atomic mass is 16.5. The van der Waals surface area contributed by atoms with Gasteiger partial charge in [0.05, 0.1) is 0 Å². The summed E-state index contributed by atoms with van der Waals surface area (Å²) in [5.41, 5.74) is 11.7. The second kappa shape index (κ2) is 7.07. The lowest BCUT2D eigenvalue weighted by Gasteiger charge is -2.34. The van der Waals surface area contributed by atoms with Crippen LogP contribution in [-0.2, 0) is 0 Å². The third-order valence-corrected chi connectivity index (χ3v) is 3.31. The largest absolute Gasteiger partial charge is 0.369 e. The molecule has 0 bridgehead atoms. The Kier molecular flexibility index (Phi) is 5.15. The Morgan fingerprint density at radius 3 is 2.62 bits per heavy atom. The maximum atomic E-state index is 5.98. The summed E-state index contributed by atoms with van der Waals surface area (Å²) in [7, 11) is 0. The average Bonchev–Trinajstić information content (AvgIpc) is 2.85. The molecule has 2 heterocycles. The fourth-order valence-electron chi connectivity index (χ4n) is 2.25. The highest BCUT2D eigenvalue weighted by molar-refractivity contribution is 5.94. The lowest BCUT2D eigenvalue weighted by atomic mass is 10.3. The van der Waals surface area contributed by atoms with E-state index in [1.54, 1.807) is 13.0 Å². The van der Waals surface area contributed by atoms with Crippen LogP contribution in [0.3, 0.4) is 0 Å². The number of piperazine rings is 1. The van der Waals surface area contributed by atoms with Crippen molar-refractivity contribution in [3.8, 4) is 0 Å². The maximum Gasteiger partial charge on any atom is 0.225 e. The van der Waals surface area contributed by atoms with E-state index in [1.165, 1.54) is 6.42 Å². The van der Waals surface area contributed by atoms with Gasteiger partial charge in [-0.2, -0.15) is 9.98 Å². The Balaban J connectivity index is 1.93. The molecule has 1 aliphatic heterocycles. The quantitative estimate of drug-likeness (QED) is 0.611. The summed E-state index contributed by atoms with van der Waals surface area (Å²) in [5, 5.41) is 3.73. The van der Waals surface area contributed by atoms with Gasteiger partial charge >= 0.3 is 0 Å². The van der Waals surface area contributed by atoms with E-state index < -0.39 is 0 Å². The SMILES string of the molecule is CCCN1CCN(/C(N)=N\C(N)=Nc2cc(C)on2)CC1. The number of nitrogens with zero attached hydrogens (tertiary/aromatic N) is 5. The van der Waals surface area contributed by atoms with Crippen LogP contribution in [0.25, 0.3) is 0 Å². The molecule has 2 rings (SSSR count). The van der Waals surface area contributed by atoms with Gasteiger partial charge < -0.3 is 20.9 Å². The Labute approximate surface area is 124 Å². The highest BCUT2D eigenvalue weighted by Crippen LogP contribution is 2.10. The van der Waals surface area contributed by atoms with Crippen LogP contribution in [0.2, 0.25) is 0 Å². The molecule has 116 valence electrons. The van der Waals surface area contributed by atoms with Crippen molar-refractivity contribution >= 4 is 17.7 Å². The van der Waals surface area contributed by atoms with E-state index in [0.29, 0.717) is 17.5 Å². The molecule has 8 nitrogen and oxygen atoms in total. The van der Waals surface area contributed by atoms with Gasteiger partial charge in [0.25, 0.3) is 0 Å². The normalized spacial score (nSPS) is 18.3. The molecule has 1 fully saturated rings. The van der Waals surface area contributed by atoms with E-state index >= 15 is 0 Å². The van der Waals surface area contributed by atoms with Crippen molar-refractivity contribution in [2.24, 2.45) is 21.5 Å². The molecule has 1 aromatic rings. The van der Waals surface area contributed by atoms with Crippen LogP contribution in [0, 0.1) is 6.92 Å². The molecule has 1 aromatic heterocycles. The van der Waals surface area contributed by atoms with Crippen molar-refractivity contribution in [3.05, 3.63) is 11.8 Å². The van der Waals surface area contributed by atoms with E-state index in [2.05, 4.69) is 27.0 Å². The second-order valence-electron chi connectivity index (χ2n) is 5.06. The standard InChI is InChI=1S/C13H23N7O/c1-3-4-19-5-7-20(8-6-19)13(15)17-12(14)16-11-9-10(2)21-18-11/h9H,3-8H2,1-2H3,(H4,14,15,16,17,18). The van der Waals surface area contributed by atoms with E-state index in [9.17, 15) is 0 Å². The minimum absolute atomic E-state index is 0.0804. The number of guanidine groups is 2. The summed E-state index contributed by atoms with van der Waals surface area (Å²) in [6.07, 6.45) is 1.17. The fraction of sp³-hybridized carbons (Fsp3) is 0.615. The van der Waals surface area contributed by atoms with E-state index in [0.717, 1.165) is 32.7 Å². The first kappa shape index (κ1) is 15.3. The van der Waals surface area contributed by atoms with Crippen molar-refractivity contribution < 1.29 is 4.52 Å². The zero-order valence-corrected chi connectivity index (χ0v) is 12.6. The second-order valence-corrected chi connectivity index (χ2v) is 5.06. The lowest BCUT2D eigenvalue weighted by molar-refractivity contribution is 0.181. The van der Waals surface area contributed by atoms with Gasteiger partial charge in [0.1, 0.15) is 5.76 Å². The molecule has 0 spiro atoms. The van der Waals surface area contributed by atoms with Crippen molar-refractivity contribution in [1.82, 2.24) is 15.0 Å². The number of aromatic nitrogens is 1. The van der Waals surface area contributed by atoms with Crippen LogP contribution in [0.4, 0.5) is 5.82 Å². The van der Waals surface area contributed by atoms with E-state index in [-0.39, 0.29) is 5.96 Å². The predicted octanol–water partition coefficient (Wildman–Crippen LogP) is 0.272. The monoisotopic (exact) mass is 293 g/mol. The molecule has 0 aliphatic carbocycles. The Morgan fingerprint density at radius 1 is 1.33 bits per heavy atom. The number of hydrogen-bond acceptors (Lipinski definition) is 4. The van der Waals surface area contributed by atoms with Crippen LogP contribution < -0.4 is 11.5 Å². The first-order valence-corrected chi connectivity index (χ1v) is 7.17. The van der Waals surface area contributed by atoms with Crippen molar-refractivity contribution in [3.63, 3.8) is 0 Å². The Hall–Kier alpha value is -2.09. The number of aryl methyl sites for hydroxylation is 1. The summed E-state index contributed by atoms with van der Waals surface area (Å²) < 4.78 is 4.91. The summed E-state index contributed by atoms with van der Waals surface area (Å²) in [5.74, 6) is 1.55. The lowest BCUT2D eigenvalue weighted by Crippen LogP contribution is -2.51. The highest BCUT2D eigenvalue weighted by Gasteiger charge is 2.17. The minimum atomic E-state index is 0.0804. The first-order valence-electron chi connectivity index (χ1n) is 7.17. The van der Waals surface area contributed by atoms with Crippen LogP contribution in [0.5, 0.6) is 0 Å². The number of rotatable bonds is 3. The summed E-state index contributed by atoms with van der Waals surface area (Å²) in [4.78, 5) is 12.6. The molecular weight excluding hydrogens is 270 g/mol. The number of aliphatic imine (C=N–C) groups is 2. The third-order valence-electron chi connectivity index (χ3n) is 3.31. The van der Waals surface area contributed by atoms with E-state index in [4.69, 9.17) is 16.0 Å². The molecule has 0 amide bonds. The zero-order valence-electron chi connectivity index (χ0n) is 12.6. The molecule has 1 saturated heterocycles. The van der Waals surface area contributed by atoms with Gasteiger partial charge in [0.2, 0.25) is 5.96 Å². The topological polar surface area (TPSA) is 109 Å². The smallest absolute Gasteiger partial charge is 0.225 e. The number of nitrogens with two attached hydrogens (primary N) is 2. The third kappa shape index (κ3) is 4.45. The predicted molar refractivity (Wildman–Crippen MR) is 82.4 cm³/mol. The van der Waals surface area contributed by atoms with Gasteiger partial charge in [-0.25, -0.2) is 0 Å². The van der Waals surface area contributed by atoms with Gasteiger partial charge in [-0.05, 0) is 19.9 Å². The molecule has 1 aliphatic rings. The molecule has 0 aromatic carbocycles. The van der Waals surface area contributed by atoms with Gasteiger partial charge in [0.15, 0.2) is 11.8 Å². The minimum Gasteiger partial charge on any atom is -0.369 e. The van der Waals surface area contributed by atoms with Crippen LogP contribution in [0.15, 0.2) is 20.6 Å². The Morgan fingerprint density at radius 2 is 2.05 bits per heavy atom. The van der Waals surface area contributed by atoms with Crippen LogP contribution >= 0.6 is 0 Å². The van der Waals surface area contributed by atoms with Crippen molar-refractivity contribution in [2.75, 3.05) is 32.7 Å². The molecule has 0 saturated carbocycles. The molecule has 8 heteroatoms. The summed E-state index contributed by atoms with van der Waals surface area (Å²) in [6, 6.07) is 1.68. The molecule has 0 radical (unpaired) electrons. The first-order chi connectivity index (χ1) is 10.1. The van der Waals surface area contributed by atoms with Crippen molar-refractivity contribution in [2.45, 2.75) is 20.3 Å². The molecular formula is C13H23N7O. The van der Waals surface area contributed by atoms with E-state index in [1.807, 2.05) is 4.90 Å². The van der Waals surface area contributed by atoms with Gasteiger partial charge in [-0.15, -0.1) is 0 Å². The molecule has 21 heavy (non-hydrogen) atoms. The van der Waals surface area contributed by atoms with Crippen LogP contribution in [0.1, 0.15) is 19.1 Å². The summed E-state index contributed by atoms with van der Waals surface area (Å²) >= 11 is 0. The van der Waals surface area contributed by atoms with Gasteiger partial charge in [-0.1, -0.05) is 12.1 Å². The van der Waals surface area contributed by atoms with Crippen LogP contribution in [-0.4, -0.2) is 59.6 Å². The number of hydrogen-bond donors (Lipinski definition) is 2. The molecule has 0 atom stereocenters. The zero-order chi connectivity index (χ0) is 15.2. The van der Waals surface area contributed by atoms with Crippen molar-refractivity contribution in [1.29, 1.82) is 0 Å². The Bertz CT molecular complexity index is 514. The van der Waals surface area contributed by atoms with Gasteiger partial charge in [-0.3, -0.25) is 4.90 Å². The average molecular weight is 293 g/mol. The molecule has 0 unspecified atom stereocenters. The maximum absolute atomic E-state index is 5.98. The molecule has 4 N–H and O–H groups in total.